The van der Waals surface area contributed by atoms with Crippen molar-refractivity contribution in [2.24, 2.45) is 11.8 Å². The van der Waals surface area contributed by atoms with Gasteiger partial charge in [-0.25, -0.2) is 0 Å². The van der Waals surface area contributed by atoms with E-state index >= 15 is 0 Å². The number of hydrogen-bond acceptors (Lipinski definition) is 3. The monoisotopic (exact) mass is 399 g/mol. The first-order valence-electron chi connectivity index (χ1n) is 11.3. The lowest BCUT2D eigenvalue weighted by molar-refractivity contribution is -0.151. The van der Waals surface area contributed by atoms with Gasteiger partial charge in [-0.05, 0) is 68.6 Å². The van der Waals surface area contributed by atoms with Crippen LogP contribution in [0.1, 0.15) is 57.9 Å². The maximum Gasteiger partial charge on any atom is 0.312 e. The Hall–Kier alpha value is -1.88. The molecule has 2 fully saturated rings. The van der Waals surface area contributed by atoms with Crippen molar-refractivity contribution in [3.63, 3.8) is 0 Å². The maximum atomic E-state index is 12.5. The molecule has 2 heterocycles. The Bertz CT molecular complexity index is 668. The number of benzene rings is 1. The van der Waals surface area contributed by atoms with Crippen LogP contribution in [0.2, 0.25) is 0 Å². The number of nitrogens with zero attached hydrogens (tertiary/aromatic N) is 2. The molecule has 0 aromatic heterocycles. The standard InChI is InChI=1S/C24H37N3O2/c1-18(2)15-22-16-25-23(28)24(29)27(22)17-20-10-13-26(14-11-20)12-9-19(3)21-7-5-4-6-8-21/h4-8,18-20,22H,9-17H2,1-3H3,(H,25,28)/t19?,22-/m0/s1. The van der Waals surface area contributed by atoms with Crippen LogP contribution in [-0.2, 0) is 9.59 Å². The van der Waals surface area contributed by atoms with Crippen LogP contribution >= 0.6 is 0 Å². The Balaban J connectivity index is 1.45. The third-order valence-electron chi connectivity index (χ3n) is 6.55. The Morgan fingerprint density at radius 1 is 1.07 bits per heavy atom. The van der Waals surface area contributed by atoms with Crippen molar-refractivity contribution in [1.82, 2.24) is 15.1 Å². The van der Waals surface area contributed by atoms with Crippen molar-refractivity contribution in [3.8, 4) is 0 Å². The highest BCUT2D eigenvalue weighted by Crippen LogP contribution is 2.24. The van der Waals surface area contributed by atoms with Crippen molar-refractivity contribution in [2.75, 3.05) is 32.7 Å². The lowest BCUT2D eigenvalue weighted by Gasteiger charge is -2.40. The van der Waals surface area contributed by atoms with Crippen LogP contribution in [0.4, 0.5) is 0 Å². The number of carbonyl (C=O) groups excluding carboxylic acids is 2. The number of piperidine rings is 1. The molecular weight excluding hydrogens is 362 g/mol. The molecule has 2 aliphatic rings. The number of nitrogens with one attached hydrogen (secondary N) is 1. The second-order valence-electron chi connectivity index (χ2n) is 9.34. The molecule has 1 unspecified atom stereocenters. The summed E-state index contributed by atoms with van der Waals surface area (Å²) in [6, 6.07) is 10.9. The van der Waals surface area contributed by atoms with Gasteiger partial charge in [-0.3, -0.25) is 9.59 Å². The molecule has 2 atom stereocenters. The fourth-order valence-corrected chi connectivity index (χ4v) is 4.67. The summed E-state index contributed by atoms with van der Waals surface area (Å²) in [4.78, 5) is 28.8. The van der Waals surface area contributed by atoms with E-state index in [9.17, 15) is 9.59 Å². The van der Waals surface area contributed by atoms with E-state index in [0.717, 1.165) is 45.4 Å². The zero-order chi connectivity index (χ0) is 20.8. The number of likely N-dealkylation sites (tertiary alicyclic amines) is 1. The minimum Gasteiger partial charge on any atom is -0.346 e. The summed E-state index contributed by atoms with van der Waals surface area (Å²) in [5, 5.41) is 2.76. The molecule has 0 aliphatic carbocycles. The van der Waals surface area contributed by atoms with Crippen molar-refractivity contribution >= 4 is 11.8 Å². The van der Waals surface area contributed by atoms with Gasteiger partial charge in [0, 0.05) is 19.1 Å². The molecule has 2 saturated heterocycles. The summed E-state index contributed by atoms with van der Waals surface area (Å²) in [7, 11) is 0. The van der Waals surface area contributed by atoms with Crippen LogP contribution in [0.3, 0.4) is 0 Å². The van der Waals surface area contributed by atoms with Gasteiger partial charge in [-0.2, -0.15) is 0 Å². The SMILES string of the molecule is CC(C)C[C@H]1CNC(=O)C(=O)N1CC1CCN(CCC(C)c2ccccc2)CC1. The lowest BCUT2D eigenvalue weighted by Crippen LogP contribution is -2.59. The van der Waals surface area contributed by atoms with Gasteiger partial charge in [0.2, 0.25) is 0 Å². The van der Waals surface area contributed by atoms with Crippen LogP contribution in [0, 0.1) is 11.8 Å². The normalized spacial score (nSPS) is 22.8. The second kappa shape index (κ2) is 10.2. The molecule has 160 valence electrons. The number of piperazine rings is 1. The highest BCUT2D eigenvalue weighted by molar-refractivity contribution is 6.35. The molecule has 1 aromatic carbocycles. The molecule has 1 aromatic rings. The Morgan fingerprint density at radius 3 is 2.41 bits per heavy atom. The molecule has 1 N–H and O–H groups in total. The highest BCUT2D eigenvalue weighted by Gasteiger charge is 2.36. The summed E-state index contributed by atoms with van der Waals surface area (Å²) in [6.45, 7) is 11.3. The Morgan fingerprint density at radius 2 is 1.76 bits per heavy atom. The van der Waals surface area contributed by atoms with Crippen LogP contribution in [0.5, 0.6) is 0 Å². The minimum absolute atomic E-state index is 0.143. The largest absolute Gasteiger partial charge is 0.346 e. The quantitative estimate of drug-likeness (QED) is 0.683. The van der Waals surface area contributed by atoms with Gasteiger partial charge >= 0.3 is 11.8 Å². The smallest absolute Gasteiger partial charge is 0.312 e. The fourth-order valence-electron chi connectivity index (χ4n) is 4.67. The molecular formula is C24H37N3O2. The van der Waals surface area contributed by atoms with Crippen molar-refractivity contribution in [3.05, 3.63) is 35.9 Å². The van der Waals surface area contributed by atoms with Crippen molar-refractivity contribution in [2.45, 2.75) is 58.4 Å². The van der Waals surface area contributed by atoms with Gasteiger partial charge in [-0.15, -0.1) is 0 Å². The van der Waals surface area contributed by atoms with Gasteiger partial charge < -0.3 is 15.1 Å². The summed E-state index contributed by atoms with van der Waals surface area (Å²) in [5.41, 5.74) is 1.42. The molecule has 2 amide bonds. The zero-order valence-corrected chi connectivity index (χ0v) is 18.3. The van der Waals surface area contributed by atoms with E-state index in [0.29, 0.717) is 24.3 Å². The minimum atomic E-state index is -0.433. The van der Waals surface area contributed by atoms with E-state index in [1.165, 1.54) is 12.0 Å². The first kappa shape index (κ1) is 21.8. The summed E-state index contributed by atoms with van der Waals surface area (Å²) in [6.07, 6.45) is 4.34. The van der Waals surface area contributed by atoms with Gasteiger partial charge in [-0.1, -0.05) is 51.1 Å². The van der Waals surface area contributed by atoms with Crippen molar-refractivity contribution < 1.29 is 9.59 Å². The lowest BCUT2D eigenvalue weighted by atomic mass is 9.92. The van der Waals surface area contributed by atoms with Crippen LogP contribution in [-0.4, -0.2) is 60.4 Å². The molecule has 5 heteroatoms. The van der Waals surface area contributed by atoms with E-state index in [1.54, 1.807) is 0 Å². The predicted molar refractivity (Wildman–Crippen MR) is 117 cm³/mol. The van der Waals surface area contributed by atoms with E-state index < -0.39 is 5.91 Å². The molecule has 2 aliphatic heterocycles. The number of amides is 2. The van der Waals surface area contributed by atoms with Gasteiger partial charge in [0.25, 0.3) is 0 Å². The van der Waals surface area contributed by atoms with Crippen LogP contribution in [0.15, 0.2) is 30.3 Å². The van der Waals surface area contributed by atoms with Crippen LogP contribution in [0.25, 0.3) is 0 Å². The van der Waals surface area contributed by atoms with E-state index in [-0.39, 0.29) is 11.9 Å². The van der Waals surface area contributed by atoms with E-state index in [4.69, 9.17) is 0 Å². The Kier molecular flexibility index (Phi) is 7.70. The molecule has 0 radical (unpaired) electrons. The van der Waals surface area contributed by atoms with Crippen molar-refractivity contribution in [1.29, 1.82) is 0 Å². The van der Waals surface area contributed by atoms with Gasteiger partial charge in [0.1, 0.15) is 0 Å². The van der Waals surface area contributed by atoms with Gasteiger partial charge in [0.05, 0.1) is 0 Å². The molecule has 0 saturated carbocycles. The molecule has 0 bridgehead atoms. The molecule has 29 heavy (non-hydrogen) atoms. The third kappa shape index (κ3) is 6.05. The molecule has 0 spiro atoms. The van der Waals surface area contributed by atoms with Gasteiger partial charge in [0.15, 0.2) is 0 Å². The third-order valence-corrected chi connectivity index (χ3v) is 6.55. The topological polar surface area (TPSA) is 52.7 Å². The Labute approximate surface area is 175 Å². The molecule has 3 rings (SSSR count). The number of carbonyl (C=O) groups is 2. The average Bonchev–Trinajstić information content (AvgIpc) is 2.73. The zero-order valence-electron chi connectivity index (χ0n) is 18.3. The first-order chi connectivity index (χ1) is 13.9. The summed E-state index contributed by atoms with van der Waals surface area (Å²) >= 11 is 0. The first-order valence-corrected chi connectivity index (χ1v) is 11.3. The molecule has 5 nitrogen and oxygen atoms in total. The fraction of sp³-hybridized carbons (Fsp3) is 0.667. The summed E-state index contributed by atoms with van der Waals surface area (Å²) in [5.74, 6) is 0.828. The second-order valence-corrected chi connectivity index (χ2v) is 9.34. The van der Waals surface area contributed by atoms with E-state index in [2.05, 4.69) is 61.3 Å². The van der Waals surface area contributed by atoms with E-state index in [1.807, 2.05) is 4.90 Å². The summed E-state index contributed by atoms with van der Waals surface area (Å²) < 4.78 is 0. The number of rotatable bonds is 8. The highest BCUT2D eigenvalue weighted by atomic mass is 16.2. The maximum absolute atomic E-state index is 12.5. The average molecular weight is 400 g/mol. The number of hydrogen-bond donors (Lipinski definition) is 1. The van der Waals surface area contributed by atoms with Crippen LogP contribution < -0.4 is 5.32 Å². The predicted octanol–water partition coefficient (Wildman–Crippen LogP) is 3.27.